The van der Waals surface area contributed by atoms with Gasteiger partial charge in [-0.2, -0.15) is 5.10 Å². The summed E-state index contributed by atoms with van der Waals surface area (Å²) in [6.07, 6.45) is 4.07. The highest BCUT2D eigenvalue weighted by molar-refractivity contribution is 5.83. The quantitative estimate of drug-likeness (QED) is 0.706. The van der Waals surface area contributed by atoms with Crippen LogP contribution in [0.3, 0.4) is 0 Å². The molecule has 0 spiro atoms. The van der Waals surface area contributed by atoms with Crippen LogP contribution >= 0.6 is 0 Å². The number of hydrogen-bond acceptors (Lipinski definition) is 4. The Bertz CT molecular complexity index is 524. The van der Waals surface area contributed by atoms with Gasteiger partial charge in [-0.1, -0.05) is 0 Å². The van der Waals surface area contributed by atoms with E-state index < -0.39 is 18.0 Å². The van der Waals surface area contributed by atoms with Crippen molar-refractivity contribution in [1.82, 2.24) is 20.0 Å². The van der Waals surface area contributed by atoms with E-state index in [0.29, 0.717) is 24.9 Å². The van der Waals surface area contributed by atoms with Gasteiger partial charge in [0.25, 0.3) is 0 Å². The Morgan fingerprint density at radius 1 is 1.57 bits per heavy atom. The second-order valence-corrected chi connectivity index (χ2v) is 5.54. The Labute approximate surface area is 122 Å². The van der Waals surface area contributed by atoms with Gasteiger partial charge in [-0.05, 0) is 18.8 Å². The van der Waals surface area contributed by atoms with E-state index in [2.05, 4.69) is 10.4 Å². The summed E-state index contributed by atoms with van der Waals surface area (Å²) in [5.41, 5.74) is 0.422. The summed E-state index contributed by atoms with van der Waals surface area (Å²) in [7, 11) is 3.29. The normalized spacial score (nSPS) is 22.2. The molecule has 0 saturated heterocycles. The van der Waals surface area contributed by atoms with E-state index in [9.17, 15) is 19.8 Å². The first-order valence-electron chi connectivity index (χ1n) is 6.78. The zero-order valence-electron chi connectivity index (χ0n) is 12.1. The van der Waals surface area contributed by atoms with E-state index >= 15 is 0 Å². The van der Waals surface area contributed by atoms with E-state index in [-0.39, 0.29) is 12.0 Å². The molecule has 116 valence electrons. The predicted octanol–water partition coefficient (Wildman–Crippen LogP) is -0.0419. The number of hydrogen-bond donors (Lipinski definition) is 3. The predicted molar refractivity (Wildman–Crippen MR) is 73.5 cm³/mol. The van der Waals surface area contributed by atoms with E-state index in [1.807, 2.05) is 0 Å². The number of rotatable bonds is 5. The molecular weight excluding hydrogens is 276 g/mol. The molecule has 0 aliphatic heterocycles. The SMILES string of the molecule is CN(CC1CC(O)C1)C(=O)NC(C(=O)O)c1cnn(C)c1. The maximum Gasteiger partial charge on any atom is 0.331 e. The van der Waals surface area contributed by atoms with E-state index in [1.54, 1.807) is 20.3 Å². The molecule has 8 heteroatoms. The molecule has 1 aliphatic rings. The largest absolute Gasteiger partial charge is 0.479 e. The zero-order chi connectivity index (χ0) is 15.6. The minimum atomic E-state index is -1.14. The maximum absolute atomic E-state index is 12.1. The summed E-state index contributed by atoms with van der Waals surface area (Å²) in [6, 6.07) is -1.58. The number of nitrogens with one attached hydrogen (secondary N) is 1. The van der Waals surface area contributed by atoms with Gasteiger partial charge < -0.3 is 20.4 Å². The Morgan fingerprint density at radius 2 is 2.24 bits per heavy atom. The Hall–Kier alpha value is -2.09. The highest BCUT2D eigenvalue weighted by Crippen LogP contribution is 2.27. The van der Waals surface area contributed by atoms with Crippen LogP contribution in [-0.2, 0) is 11.8 Å². The van der Waals surface area contributed by atoms with Crippen LogP contribution in [-0.4, -0.2) is 56.6 Å². The number of aryl methyl sites for hydroxylation is 1. The van der Waals surface area contributed by atoms with Crippen LogP contribution in [0.15, 0.2) is 12.4 Å². The fourth-order valence-electron chi connectivity index (χ4n) is 2.43. The van der Waals surface area contributed by atoms with Crippen molar-refractivity contribution in [3.63, 3.8) is 0 Å². The van der Waals surface area contributed by atoms with Crippen molar-refractivity contribution >= 4 is 12.0 Å². The first kappa shape index (κ1) is 15.3. The molecule has 0 bridgehead atoms. The lowest BCUT2D eigenvalue weighted by molar-refractivity contribution is -0.139. The average Bonchev–Trinajstić information content (AvgIpc) is 2.79. The molecule has 0 radical (unpaired) electrons. The smallest absolute Gasteiger partial charge is 0.331 e. The first-order chi connectivity index (χ1) is 9.86. The van der Waals surface area contributed by atoms with Crippen molar-refractivity contribution in [1.29, 1.82) is 0 Å². The van der Waals surface area contributed by atoms with Gasteiger partial charge in [-0.15, -0.1) is 0 Å². The maximum atomic E-state index is 12.1. The Morgan fingerprint density at radius 3 is 2.71 bits per heavy atom. The van der Waals surface area contributed by atoms with Crippen LogP contribution < -0.4 is 5.32 Å². The summed E-state index contributed by atoms with van der Waals surface area (Å²) in [5, 5.41) is 24.9. The van der Waals surface area contributed by atoms with Crippen LogP contribution in [0, 0.1) is 5.92 Å². The first-order valence-corrected chi connectivity index (χ1v) is 6.78. The van der Waals surface area contributed by atoms with Gasteiger partial charge in [0.15, 0.2) is 6.04 Å². The molecule has 1 atom stereocenters. The molecule has 1 unspecified atom stereocenters. The molecule has 8 nitrogen and oxygen atoms in total. The molecule has 1 aromatic heterocycles. The number of urea groups is 1. The Kier molecular flexibility index (Phi) is 4.46. The molecule has 1 heterocycles. The van der Waals surface area contributed by atoms with Gasteiger partial charge in [-0.25, -0.2) is 9.59 Å². The molecule has 0 aromatic carbocycles. The summed E-state index contributed by atoms with van der Waals surface area (Å²) < 4.78 is 1.48. The molecule has 1 aliphatic carbocycles. The fourth-order valence-corrected chi connectivity index (χ4v) is 2.43. The van der Waals surface area contributed by atoms with Crippen LogP contribution in [0.25, 0.3) is 0 Å². The molecular formula is C13H20N4O4. The van der Waals surface area contributed by atoms with Gasteiger partial charge in [0.2, 0.25) is 0 Å². The lowest BCUT2D eigenvalue weighted by atomic mass is 9.82. The summed E-state index contributed by atoms with van der Waals surface area (Å²) in [6.45, 7) is 0.502. The van der Waals surface area contributed by atoms with E-state index in [0.717, 1.165) is 0 Å². The highest BCUT2D eigenvalue weighted by Gasteiger charge is 2.30. The number of carbonyl (C=O) groups excluding carboxylic acids is 1. The lowest BCUT2D eigenvalue weighted by Gasteiger charge is -2.34. The van der Waals surface area contributed by atoms with Crippen LogP contribution in [0.4, 0.5) is 4.79 Å². The molecule has 2 amide bonds. The number of aliphatic hydroxyl groups excluding tert-OH is 1. The van der Waals surface area contributed by atoms with E-state index in [4.69, 9.17) is 0 Å². The second-order valence-electron chi connectivity index (χ2n) is 5.54. The van der Waals surface area contributed by atoms with Crippen LogP contribution in [0.5, 0.6) is 0 Å². The second kappa shape index (κ2) is 6.13. The number of aliphatic hydroxyl groups is 1. The van der Waals surface area contributed by atoms with Crippen molar-refractivity contribution in [2.45, 2.75) is 25.0 Å². The number of carboxylic acid groups (broad SMARTS) is 1. The van der Waals surface area contributed by atoms with Gasteiger partial charge in [0.1, 0.15) is 0 Å². The lowest BCUT2D eigenvalue weighted by Crippen LogP contribution is -2.46. The molecule has 1 saturated carbocycles. The molecule has 1 aromatic rings. The number of aromatic nitrogens is 2. The monoisotopic (exact) mass is 296 g/mol. The molecule has 1 fully saturated rings. The fraction of sp³-hybridized carbons (Fsp3) is 0.615. The Balaban J connectivity index is 1.93. The number of amides is 2. The molecule has 3 N–H and O–H groups in total. The number of carboxylic acids is 1. The van der Waals surface area contributed by atoms with E-state index in [1.165, 1.54) is 15.8 Å². The van der Waals surface area contributed by atoms with Crippen LogP contribution in [0.2, 0.25) is 0 Å². The highest BCUT2D eigenvalue weighted by atomic mass is 16.4. The van der Waals surface area contributed by atoms with Crippen LogP contribution in [0.1, 0.15) is 24.4 Å². The zero-order valence-corrected chi connectivity index (χ0v) is 12.1. The molecule has 2 rings (SSSR count). The van der Waals surface area contributed by atoms with Gasteiger partial charge in [0.05, 0.1) is 12.3 Å². The van der Waals surface area contributed by atoms with Crippen molar-refractivity contribution in [3.8, 4) is 0 Å². The minimum Gasteiger partial charge on any atom is -0.479 e. The van der Waals surface area contributed by atoms with Gasteiger partial charge >= 0.3 is 12.0 Å². The van der Waals surface area contributed by atoms with Crippen molar-refractivity contribution in [3.05, 3.63) is 18.0 Å². The topological polar surface area (TPSA) is 108 Å². The van der Waals surface area contributed by atoms with Crippen molar-refractivity contribution in [2.24, 2.45) is 13.0 Å². The molecule has 21 heavy (non-hydrogen) atoms. The minimum absolute atomic E-state index is 0.270. The summed E-state index contributed by atoms with van der Waals surface area (Å²) >= 11 is 0. The number of carbonyl (C=O) groups is 2. The third kappa shape index (κ3) is 3.72. The summed E-state index contributed by atoms with van der Waals surface area (Å²) in [4.78, 5) is 24.8. The standard InChI is InChI=1S/C13H20N4O4/c1-16(6-8-3-10(18)4-8)13(21)15-11(12(19)20)9-5-14-17(2)7-9/h5,7-8,10-11,18H,3-4,6H2,1-2H3,(H,15,21)(H,19,20). The third-order valence-corrected chi connectivity index (χ3v) is 3.66. The van der Waals surface area contributed by atoms with Gasteiger partial charge in [0, 0.05) is 32.4 Å². The summed E-state index contributed by atoms with van der Waals surface area (Å²) in [5.74, 6) is -0.860. The average molecular weight is 296 g/mol. The third-order valence-electron chi connectivity index (χ3n) is 3.66. The number of aliphatic carboxylic acids is 1. The van der Waals surface area contributed by atoms with Gasteiger partial charge in [-0.3, -0.25) is 4.68 Å². The van der Waals surface area contributed by atoms with Crippen molar-refractivity contribution in [2.75, 3.05) is 13.6 Å². The van der Waals surface area contributed by atoms with Crippen molar-refractivity contribution < 1.29 is 19.8 Å². The number of nitrogens with zero attached hydrogens (tertiary/aromatic N) is 3.